The number of piperidine rings is 1. The van der Waals surface area contributed by atoms with Gasteiger partial charge >= 0.3 is 6.18 Å². The lowest BCUT2D eigenvalue weighted by Gasteiger charge is -2.34. The van der Waals surface area contributed by atoms with Crippen LogP contribution in [0.15, 0.2) is 30.5 Å². The van der Waals surface area contributed by atoms with Crippen LogP contribution in [0.25, 0.3) is 5.65 Å². The van der Waals surface area contributed by atoms with Gasteiger partial charge in [-0.1, -0.05) is 6.07 Å². The fourth-order valence-corrected chi connectivity index (χ4v) is 4.78. The van der Waals surface area contributed by atoms with Crippen LogP contribution in [0, 0.1) is 6.92 Å². The molecule has 5 rings (SSSR count). The summed E-state index contributed by atoms with van der Waals surface area (Å²) in [5.41, 5.74) is 0.867. The number of aromatic nitrogens is 4. The van der Waals surface area contributed by atoms with Gasteiger partial charge in [0, 0.05) is 37.5 Å². The molecule has 3 aromatic heterocycles. The van der Waals surface area contributed by atoms with E-state index in [0.717, 1.165) is 36.8 Å². The van der Waals surface area contributed by atoms with E-state index < -0.39 is 17.8 Å². The molecule has 180 valence electrons. The van der Waals surface area contributed by atoms with Crippen LogP contribution in [0.4, 0.5) is 19.0 Å². The van der Waals surface area contributed by atoms with Crippen molar-refractivity contribution in [2.75, 3.05) is 24.5 Å². The van der Waals surface area contributed by atoms with Crippen LogP contribution in [0.3, 0.4) is 0 Å². The lowest BCUT2D eigenvalue weighted by molar-refractivity contribution is -0.141. The number of aryl methyl sites for hydroxylation is 1. The molecular formula is C23H25F3N6O2. The summed E-state index contributed by atoms with van der Waals surface area (Å²) in [6.07, 6.45) is -0.141. The number of amides is 1. The average Bonchev–Trinajstić information content (AvgIpc) is 3.43. The van der Waals surface area contributed by atoms with Gasteiger partial charge in [-0.05, 0) is 44.7 Å². The van der Waals surface area contributed by atoms with Crippen molar-refractivity contribution in [2.24, 2.45) is 0 Å². The highest BCUT2D eigenvalue weighted by Crippen LogP contribution is 2.33. The highest BCUT2D eigenvalue weighted by atomic mass is 19.4. The molecule has 2 atom stereocenters. The van der Waals surface area contributed by atoms with E-state index in [1.807, 2.05) is 24.1 Å². The number of hydrogen-bond donors (Lipinski definition) is 1. The van der Waals surface area contributed by atoms with Gasteiger partial charge in [0.25, 0.3) is 5.91 Å². The normalized spacial score (nSPS) is 21.4. The van der Waals surface area contributed by atoms with Crippen molar-refractivity contribution in [3.05, 3.63) is 53.1 Å². The molecular weight excluding hydrogens is 449 g/mol. The second kappa shape index (κ2) is 8.53. The molecule has 3 aromatic rings. The second-order valence-electron chi connectivity index (χ2n) is 8.92. The maximum atomic E-state index is 13.2. The van der Waals surface area contributed by atoms with E-state index in [9.17, 15) is 23.1 Å². The Labute approximate surface area is 194 Å². The summed E-state index contributed by atoms with van der Waals surface area (Å²) >= 11 is 0. The fraction of sp³-hybridized carbons (Fsp3) is 0.478. The minimum absolute atomic E-state index is 0.227. The van der Waals surface area contributed by atoms with Crippen LogP contribution < -0.4 is 4.90 Å². The Kier molecular flexibility index (Phi) is 5.67. The number of β-amino-alcohol motifs (C(OH)–C–C–N with tert-alkyl or cyclic N) is 1. The number of nitrogens with zero attached hydrogens (tertiary/aromatic N) is 6. The molecule has 2 aliphatic rings. The molecule has 0 bridgehead atoms. The van der Waals surface area contributed by atoms with Crippen molar-refractivity contribution in [3.63, 3.8) is 0 Å². The number of likely N-dealkylation sites (tertiary alicyclic amines) is 1. The number of halogens is 3. The van der Waals surface area contributed by atoms with Crippen molar-refractivity contribution < 1.29 is 23.1 Å². The predicted octanol–water partition coefficient (Wildman–Crippen LogP) is 3.39. The maximum absolute atomic E-state index is 13.2. The number of pyridine rings is 1. The Balaban J connectivity index is 1.46. The van der Waals surface area contributed by atoms with Crippen LogP contribution in [0.5, 0.6) is 0 Å². The zero-order valence-corrected chi connectivity index (χ0v) is 18.7. The van der Waals surface area contributed by atoms with Crippen molar-refractivity contribution in [3.8, 4) is 0 Å². The molecule has 0 spiro atoms. The summed E-state index contributed by atoms with van der Waals surface area (Å²) in [6, 6.07) is 4.82. The van der Waals surface area contributed by atoms with Crippen molar-refractivity contribution in [2.45, 2.75) is 50.9 Å². The standard InChI is InChI=1S/C23H25F3N6O2/c1-14-12-32-20(28-21(14)30-10-8-15(33)13-30)11-17(29-32)18-6-2-3-9-31(18)22(34)16-5-4-7-19(27-16)23(24,25)26/h4-5,7,11-12,15,18,33H,2-3,6,8-10,13H2,1H3/t15-,18+/m1/s1. The Morgan fingerprint density at radius 2 is 1.97 bits per heavy atom. The van der Waals surface area contributed by atoms with Gasteiger partial charge in [-0.2, -0.15) is 18.3 Å². The SMILES string of the molecule is Cc1cn2nc([C@@H]3CCCCN3C(=O)c3cccc(C(F)(F)F)n3)cc2nc1N1CC[C@@H](O)C1. The number of aliphatic hydroxyl groups excluding tert-OH is 1. The summed E-state index contributed by atoms with van der Waals surface area (Å²) in [7, 11) is 0. The molecule has 1 N–H and O–H groups in total. The minimum atomic E-state index is -4.62. The highest BCUT2D eigenvalue weighted by molar-refractivity contribution is 5.92. The number of alkyl halides is 3. The molecule has 11 heteroatoms. The first-order valence-corrected chi connectivity index (χ1v) is 11.4. The molecule has 0 saturated carbocycles. The Morgan fingerprint density at radius 1 is 1.15 bits per heavy atom. The first-order valence-electron chi connectivity index (χ1n) is 11.4. The summed E-state index contributed by atoms with van der Waals surface area (Å²) < 4.78 is 41.0. The molecule has 0 radical (unpaired) electrons. The molecule has 1 amide bonds. The Morgan fingerprint density at radius 3 is 2.71 bits per heavy atom. The number of hydrogen-bond acceptors (Lipinski definition) is 6. The van der Waals surface area contributed by atoms with E-state index in [1.54, 1.807) is 9.42 Å². The van der Waals surface area contributed by atoms with E-state index in [-0.39, 0.29) is 17.8 Å². The van der Waals surface area contributed by atoms with Crippen LogP contribution in [-0.2, 0) is 6.18 Å². The van der Waals surface area contributed by atoms with Gasteiger partial charge in [-0.25, -0.2) is 14.5 Å². The van der Waals surface area contributed by atoms with Gasteiger partial charge in [-0.3, -0.25) is 4.79 Å². The average molecular weight is 474 g/mol. The van der Waals surface area contributed by atoms with E-state index in [2.05, 4.69) is 10.1 Å². The van der Waals surface area contributed by atoms with Gasteiger partial charge in [0.05, 0.1) is 17.8 Å². The van der Waals surface area contributed by atoms with Crippen molar-refractivity contribution in [1.82, 2.24) is 24.5 Å². The quantitative estimate of drug-likeness (QED) is 0.626. The van der Waals surface area contributed by atoms with Crippen LogP contribution in [0.1, 0.15) is 59.2 Å². The van der Waals surface area contributed by atoms with Gasteiger partial charge < -0.3 is 14.9 Å². The molecule has 0 unspecified atom stereocenters. The maximum Gasteiger partial charge on any atom is 0.433 e. The lowest BCUT2D eigenvalue weighted by Crippen LogP contribution is -2.39. The number of aliphatic hydroxyl groups is 1. The largest absolute Gasteiger partial charge is 0.433 e. The highest BCUT2D eigenvalue weighted by Gasteiger charge is 2.35. The van der Waals surface area contributed by atoms with E-state index in [0.29, 0.717) is 37.3 Å². The van der Waals surface area contributed by atoms with E-state index in [4.69, 9.17) is 4.98 Å². The summed E-state index contributed by atoms with van der Waals surface area (Å²) in [5.74, 6) is 0.254. The molecule has 8 nitrogen and oxygen atoms in total. The number of carbonyl (C=O) groups is 1. The number of carbonyl (C=O) groups excluding carboxylic acids is 1. The summed E-state index contributed by atoms with van der Waals surface area (Å²) in [4.78, 5) is 25.1. The van der Waals surface area contributed by atoms with Crippen LogP contribution in [-0.4, -0.2) is 61.2 Å². The molecule has 0 aliphatic carbocycles. The Hall–Kier alpha value is -3.21. The van der Waals surface area contributed by atoms with Crippen molar-refractivity contribution >= 4 is 17.4 Å². The van der Waals surface area contributed by atoms with Crippen molar-refractivity contribution in [1.29, 1.82) is 0 Å². The monoisotopic (exact) mass is 474 g/mol. The fourth-order valence-electron chi connectivity index (χ4n) is 4.78. The topological polar surface area (TPSA) is 86.9 Å². The number of rotatable bonds is 3. The molecule has 2 saturated heterocycles. The van der Waals surface area contributed by atoms with E-state index >= 15 is 0 Å². The van der Waals surface area contributed by atoms with E-state index in [1.165, 1.54) is 12.1 Å². The molecule has 34 heavy (non-hydrogen) atoms. The predicted molar refractivity (Wildman–Crippen MR) is 117 cm³/mol. The Bertz CT molecular complexity index is 1230. The lowest BCUT2D eigenvalue weighted by atomic mass is 9.99. The third-order valence-corrected chi connectivity index (χ3v) is 6.45. The summed E-state index contributed by atoms with van der Waals surface area (Å²) in [6.45, 7) is 3.60. The van der Waals surface area contributed by atoms with Crippen LogP contribution in [0.2, 0.25) is 0 Å². The molecule has 5 heterocycles. The first kappa shape index (κ1) is 22.6. The van der Waals surface area contributed by atoms with Crippen LogP contribution >= 0.6 is 0 Å². The van der Waals surface area contributed by atoms with Gasteiger partial charge in [0.15, 0.2) is 5.65 Å². The second-order valence-corrected chi connectivity index (χ2v) is 8.92. The molecule has 2 fully saturated rings. The zero-order chi connectivity index (χ0) is 24.0. The third kappa shape index (κ3) is 4.20. The third-order valence-electron chi connectivity index (χ3n) is 6.45. The molecule has 0 aromatic carbocycles. The minimum Gasteiger partial charge on any atom is -0.391 e. The van der Waals surface area contributed by atoms with Gasteiger partial charge in [0.1, 0.15) is 17.2 Å². The first-order chi connectivity index (χ1) is 16.2. The van der Waals surface area contributed by atoms with Gasteiger partial charge in [0.2, 0.25) is 0 Å². The van der Waals surface area contributed by atoms with Gasteiger partial charge in [-0.15, -0.1) is 0 Å². The number of fused-ring (bicyclic) bond motifs is 1. The zero-order valence-electron chi connectivity index (χ0n) is 18.7. The number of anilines is 1. The molecule has 2 aliphatic heterocycles. The summed E-state index contributed by atoms with van der Waals surface area (Å²) in [5, 5.41) is 14.5. The smallest absolute Gasteiger partial charge is 0.391 e.